The van der Waals surface area contributed by atoms with Crippen LogP contribution in [-0.4, -0.2) is 22.5 Å². The monoisotopic (exact) mass is 381 g/mol. The Bertz CT molecular complexity index is 896. The van der Waals surface area contributed by atoms with Crippen molar-refractivity contribution in [1.29, 1.82) is 0 Å². The minimum absolute atomic E-state index is 0.0626. The number of rotatable bonds is 9. The number of aromatic nitrogens is 2. The number of aromatic amines is 1. The summed E-state index contributed by atoms with van der Waals surface area (Å²) in [4.78, 5) is 20.0. The highest BCUT2D eigenvalue weighted by Crippen LogP contribution is 2.20. The fourth-order valence-corrected chi connectivity index (χ4v) is 2.89. The fourth-order valence-electron chi connectivity index (χ4n) is 2.89. The number of benzene rings is 2. The molecule has 3 aromatic rings. The Morgan fingerprint density at radius 2 is 2.04 bits per heavy atom. The molecule has 0 aliphatic rings. The van der Waals surface area contributed by atoms with Crippen LogP contribution >= 0.6 is 0 Å². The van der Waals surface area contributed by atoms with Gasteiger partial charge in [0.15, 0.2) is 0 Å². The van der Waals surface area contributed by atoms with Crippen molar-refractivity contribution in [1.82, 2.24) is 15.3 Å². The molecule has 0 radical (unpaired) electrons. The highest BCUT2D eigenvalue weighted by atomic mass is 19.1. The number of H-pyrrole nitrogens is 1. The first kappa shape index (κ1) is 19.6. The van der Waals surface area contributed by atoms with E-state index in [2.05, 4.69) is 15.3 Å². The molecule has 5 nitrogen and oxygen atoms in total. The lowest BCUT2D eigenvalue weighted by Gasteiger charge is -2.15. The van der Waals surface area contributed by atoms with Crippen molar-refractivity contribution in [2.75, 3.05) is 6.61 Å². The van der Waals surface area contributed by atoms with Crippen LogP contribution in [-0.2, 0) is 4.79 Å². The Hall–Kier alpha value is -3.15. The first-order valence-electron chi connectivity index (χ1n) is 9.43. The molecule has 0 bridgehead atoms. The van der Waals surface area contributed by atoms with Gasteiger partial charge in [-0.3, -0.25) is 4.79 Å². The molecule has 0 spiro atoms. The van der Waals surface area contributed by atoms with E-state index in [0.29, 0.717) is 25.2 Å². The van der Waals surface area contributed by atoms with E-state index in [1.165, 1.54) is 12.1 Å². The Kier molecular flexibility index (Phi) is 6.78. The minimum Gasteiger partial charge on any atom is -0.493 e. The molecule has 1 amide bonds. The fraction of sp³-hybridized carbons (Fsp3) is 0.273. The van der Waals surface area contributed by atoms with E-state index in [-0.39, 0.29) is 17.8 Å². The molecule has 0 aliphatic heterocycles. The molecule has 2 N–H and O–H groups in total. The van der Waals surface area contributed by atoms with Crippen molar-refractivity contribution in [2.45, 2.75) is 32.2 Å². The average Bonchev–Trinajstić information content (AvgIpc) is 3.20. The maximum Gasteiger partial charge on any atom is 0.220 e. The van der Waals surface area contributed by atoms with Gasteiger partial charge in [-0.2, -0.15) is 0 Å². The summed E-state index contributed by atoms with van der Waals surface area (Å²) in [7, 11) is 0. The van der Waals surface area contributed by atoms with Gasteiger partial charge in [-0.25, -0.2) is 9.37 Å². The van der Waals surface area contributed by atoms with Gasteiger partial charge < -0.3 is 15.0 Å². The van der Waals surface area contributed by atoms with Crippen LogP contribution in [0.2, 0.25) is 0 Å². The van der Waals surface area contributed by atoms with Crippen LogP contribution < -0.4 is 10.1 Å². The van der Waals surface area contributed by atoms with Crippen molar-refractivity contribution in [3.63, 3.8) is 0 Å². The summed E-state index contributed by atoms with van der Waals surface area (Å²) >= 11 is 0. The Morgan fingerprint density at radius 3 is 2.79 bits per heavy atom. The third-order valence-electron chi connectivity index (χ3n) is 4.37. The molecule has 0 aliphatic carbocycles. The maximum atomic E-state index is 13.1. The number of halogens is 1. The molecule has 1 atom stereocenters. The SMILES string of the molecule is CCC(NC(=O)CCCOc1cccc(F)c1)c1ncc(-c2ccccc2)[nH]1. The van der Waals surface area contributed by atoms with Crippen molar-refractivity contribution in [3.8, 4) is 17.0 Å². The van der Waals surface area contributed by atoms with Gasteiger partial charge in [-0.05, 0) is 30.5 Å². The second-order valence-electron chi connectivity index (χ2n) is 6.49. The zero-order chi connectivity index (χ0) is 19.8. The van der Waals surface area contributed by atoms with Crippen LogP contribution in [0.4, 0.5) is 4.39 Å². The largest absolute Gasteiger partial charge is 0.493 e. The molecule has 0 saturated heterocycles. The van der Waals surface area contributed by atoms with E-state index in [1.54, 1.807) is 18.3 Å². The predicted octanol–water partition coefficient (Wildman–Crippen LogP) is 4.64. The highest BCUT2D eigenvalue weighted by molar-refractivity contribution is 5.76. The lowest BCUT2D eigenvalue weighted by molar-refractivity contribution is -0.122. The Morgan fingerprint density at radius 1 is 1.21 bits per heavy atom. The molecule has 6 heteroatoms. The lowest BCUT2D eigenvalue weighted by atomic mass is 10.2. The van der Waals surface area contributed by atoms with E-state index >= 15 is 0 Å². The van der Waals surface area contributed by atoms with Crippen LogP contribution in [0, 0.1) is 5.82 Å². The number of carbonyl (C=O) groups is 1. The molecule has 0 saturated carbocycles. The number of imidazole rings is 1. The van der Waals surface area contributed by atoms with Gasteiger partial charge >= 0.3 is 0 Å². The zero-order valence-electron chi connectivity index (χ0n) is 15.8. The summed E-state index contributed by atoms with van der Waals surface area (Å²) in [6.45, 7) is 2.36. The van der Waals surface area contributed by atoms with Crippen molar-refractivity contribution in [2.24, 2.45) is 0 Å². The molecule has 1 heterocycles. The topological polar surface area (TPSA) is 67.0 Å². The normalized spacial score (nSPS) is 11.8. The summed E-state index contributed by atoms with van der Waals surface area (Å²) in [5.74, 6) is 0.809. The van der Waals surface area contributed by atoms with E-state index in [1.807, 2.05) is 37.3 Å². The van der Waals surface area contributed by atoms with Crippen LogP contribution in [0.1, 0.15) is 38.1 Å². The predicted molar refractivity (Wildman–Crippen MR) is 106 cm³/mol. The first-order valence-corrected chi connectivity index (χ1v) is 9.43. The summed E-state index contributed by atoms with van der Waals surface area (Å²) in [5.41, 5.74) is 1.98. The summed E-state index contributed by atoms with van der Waals surface area (Å²) < 4.78 is 18.6. The molecule has 146 valence electrons. The minimum atomic E-state index is -0.339. The van der Waals surface area contributed by atoms with E-state index in [9.17, 15) is 9.18 Å². The van der Waals surface area contributed by atoms with Gasteiger partial charge in [-0.15, -0.1) is 0 Å². The van der Waals surface area contributed by atoms with Gasteiger partial charge in [0.1, 0.15) is 17.4 Å². The van der Waals surface area contributed by atoms with Gasteiger partial charge in [0.2, 0.25) is 5.91 Å². The summed E-state index contributed by atoms with van der Waals surface area (Å²) in [6.07, 6.45) is 3.39. The Labute approximate surface area is 164 Å². The standard InChI is InChI=1S/C22H24FN3O2/c1-2-19(22-24-15-20(26-22)16-8-4-3-5-9-16)25-21(27)12-7-13-28-18-11-6-10-17(23)14-18/h3-6,8-11,14-15,19H,2,7,12-13H2,1H3,(H,24,26)(H,25,27). The molecule has 28 heavy (non-hydrogen) atoms. The summed E-state index contributed by atoms with van der Waals surface area (Å²) in [6, 6.07) is 15.7. The van der Waals surface area contributed by atoms with Gasteiger partial charge in [0, 0.05) is 12.5 Å². The van der Waals surface area contributed by atoms with Crippen molar-refractivity contribution in [3.05, 3.63) is 72.4 Å². The number of carbonyl (C=O) groups excluding carboxylic acids is 1. The number of nitrogens with one attached hydrogen (secondary N) is 2. The third-order valence-corrected chi connectivity index (χ3v) is 4.37. The molecule has 1 unspecified atom stereocenters. The van der Waals surface area contributed by atoms with Crippen molar-refractivity contribution >= 4 is 5.91 Å². The Balaban J connectivity index is 1.47. The van der Waals surface area contributed by atoms with Crippen LogP contribution in [0.15, 0.2) is 60.8 Å². The lowest BCUT2D eigenvalue weighted by Crippen LogP contribution is -2.29. The first-order chi connectivity index (χ1) is 13.7. The molecule has 0 fully saturated rings. The second kappa shape index (κ2) is 9.69. The summed E-state index contributed by atoms with van der Waals surface area (Å²) in [5, 5.41) is 3.01. The van der Waals surface area contributed by atoms with Crippen LogP contribution in [0.5, 0.6) is 5.75 Å². The second-order valence-corrected chi connectivity index (χ2v) is 6.49. The maximum absolute atomic E-state index is 13.1. The van der Waals surface area contributed by atoms with Gasteiger partial charge in [0.25, 0.3) is 0 Å². The van der Waals surface area contributed by atoms with Crippen LogP contribution in [0.3, 0.4) is 0 Å². The molecule has 3 rings (SSSR count). The number of nitrogens with zero attached hydrogens (tertiary/aromatic N) is 1. The molecule has 1 aromatic heterocycles. The molecular formula is C22H24FN3O2. The van der Waals surface area contributed by atoms with E-state index in [4.69, 9.17) is 4.74 Å². The number of hydrogen-bond acceptors (Lipinski definition) is 3. The van der Waals surface area contributed by atoms with Gasteiger partial charge in [0.05, 0.1) is 24.5 Å². The molecule has 2 aromatic carbocycles. The van der Waals surface area contributed by atoms with E-state index in [0.717, 1.165) is 23.5 Å². The number of hydrogen-bond donors (Lipinski definition) is 2. The quantitative estimate of drug-likeness (QED) is 0.531. The van der Waals surface area contributed by atoms with E-state index < -0.39 is 0 Å². The zero-order valence-corrected chi connectivity index (χ0v) is 15.8. The van der Waals surface area contributed by atoms with Crippen LogP contribution in [0.25, 0.3) is 11.3 Å². The highest BCUT2D eigenvalue weighted by Gasteiger charge is 2.16. The van der Waals surface area contributed by atoms with Crippen molar-refractivity contribution < 1.29 is 13.9 Å². The average molecular weight is 381 g/mol. The smallest absolute Gasteiger partial charge is 0.220 e. The van der Waals surface area contributed by atoms with Gasteiger partial charge in [-0.1, -0.05) is 43.3 Å². The number of ether oxygens (including phenoxy) is 1. The third kappa shape index (κ3) is 5.42. The molecular weight excluding hydrogens is 357 g/mol. The number of amides is 1.